The summed E-state index contributed by atoms with van der Waals surface area (Å²) in [6.45, 7) is 5.79. The lowest BCUT2D eigenvalue weighted by Crippen LogP contribution is -2.42. The molecule has 0 spiro atoms. The molecular formula is C20H37F2NO4. The van der Waals surface area contributed by atoms with Crippen molar-refractivity contribution in [3.63, 3.8) is 0 Å². The van der Waals surface area contributed by atoms with Gasteiger partial charge in [-0.3, -0.25) is 9.18 Å². The third-order valence-corrected chi connectivity index (χ3v) is 2.82. The number of aliphatic hydroxyl groups is 1. The van der Waals surface area contributed by atoms with Gasteiger partial charge in [-0.2, -0.15) is 0 Å². The standard InChI is InChI=1S/C14H20FNO2.C2H5F.2C2H6O/c1-9(2)14(18)16-12(8-15)13(17)11-6-4-10(3)5-7-11;1-2-3;2*1-3-2/h4-7,9,12-13,17H,8H2,1-3H3,(H,16,18);2H2,1H3;2*1-2H3/t12-,13-;;;/m1.../s1. The van der Waals surface area contributed by atoms with Crippen LogP contribution in [0.3, 0.4) is 0 Å². The number of carbonyl (C=O) groups excluding carboxylic acids is 1. The minimum Gasteiger partial charge on any atom is -0.388 e. The lowest BCUT2D eigenvalue weighted by atomic mass is 10.0. The summed E-state index contributed by atoms with van der Waals surface area (Å²) < 4.78 is 31.7. The van der Waals surface area contributed by atoms with Gasteiger partial charge in [0, 0.05) is 34.4 Å². The Bertz CT molecular complexity index is 437. The van der Waals surface area contributed by atoms with E-state index in [1.807, 2.05) is 19.1 Å². The second-order valence-electron chi connectivity index (χ2n) is 5.86. The maximum atomic E-state index is 12.9. The monoisotopic (exact) mass is 393 g/mol. The van der Waals surface area contributed by atoms with Gasteiger partial charge in [-0.25, -0.2) is 4.39 Å². The summed E-state index contributed by atoms with van der Waals surface area (Å²) in [6.07, 6.45) is -1.03. The Labute approximate surface area is 163 Å². The van der Waals surface area contributed by atoms with E-state index in [9.17, 15) is 18.7 Å². The average Bonchev–Trinajstić information content (AvgIpc) is 2.61. The number of aryl methyl sites for hydroxylation is 1. The van der Waals surface area contributed by atoms with Gasteiger partial charge >= 0.3 is 0 Å². The second kappa shape index (κ2) is 20.7. The number of methoxy groups -OCH3 is 2. The van der Waals surface area contributed by atoms with Gasteiger partial charge in [-0.05, 0) is 19.4 Å². The number of rotatable bonds is 5. The lowest BCUT2D eigenvalue weighted by Gasteiger charge is -2.23. The Kier molecular flexibility index (Phi) is 23.2. The molecular weight excluding hydrogens is 356 g/mol. The zero-order valence-corrected chi connectivity index (χ0v) is 17.9. The van der Waals surface area contributed by atoms with Gasteiger partial charge in [0.1, 0.15) is 12.8 Å². The number of nitrogens with one attached hydrogen (secondary N) is 1. The van der Waals surface area contributed by atoms with Crippen molar-refractivity contribution in [1.82, 2.24) is 5.32 Å². The van der Waals surface area contributed by atoms with E-state index in [1.54, 1.807) is 54.4 Å². The van der Waals surface area contributed by atoms with Crippen molar-refractivity contribution in [1.29, 1.82) is 0 Å². The molecule has 0 aliphatic carbocycles. The van der Waals surface area contributed by atoms with Gasteiger partial charge in [0.15, 0.2) is 0 Å². The molecule has 160 valence electrons. The average molecular weight is 394 g/mol. The number of hydrogen-bond acceptors (Lipinski definition) is 4. The molecule has 1 aromatic carbocycles. The summed E-state index contributed by atoms with van der Waals surface area (Å²) in [5.74, 6) is -0.493. The van der Waals surface area contributed by atoms with Gasteiger partial charge in [-0.1, -0.05) is 43.7 Å². The number of ether oxygens (including phenoxy) is 2. The Morgan fingerprint density at radius 3 is 1.74 bits per heavy atom. The SMILES string of the molecule is CCF.COC.COC.Cc1ccc([C@@H](O)[C@@H](CF)NC(=O)C(C)C)cc1. The number of carbonyl (C=O) groups is 1. The predicted octanol–water partition coefficient (Wildman–Crippen LogP) is 3.64. The quantitative estimate of drug-likeness (QED) is 0.801. The van der Waals surface area contributed by atoms with Gasteiger partial charge < -0.3 is 19.9 Å². The van der Waals surface area contributed by atoms with Gasteiger partial charge in [0.2, 0.25) is 5.91 Å². The Hall–Kier alpha value is -1.57. The van der Waals surface area contributed by atoms with Crippen LogP contribution in [0.25, 0.3) is 0 Å². The largest absolute Gasteiger partial charge is 0.388 e. The maximum absolute atomic E-state index is 12.9. The fourth-order valence-electron chi connectivity index (χ4n) is 1.55. The van der Waals surface area contributed by atoms with Crippen LogP contribution in [0.5, 0.6) is 0 Å². The van der Waals surface area contributed by atoms with Gasteiger partial charge in [0.25, 0.3) is 0 Å². The second-order valence-corrected chi connectivity index (χ2v) is 5.86. The fraction of sp³-hybridized carbons (Fsp3) is 0.650. The van der Waals surface area contributed by atoms with Gasteiger partial charge in [-0.15, -0.1) is 0 Å². The molecule has 0 heterocycles. The van der Waals surface area contributed by atoms with Crippen molar-refractivity contribution in [2.45, 2.75) is 39.8 Å². The lowest BCUT2D eigenvalue weighted by molar-refractivity contribution is -0.125. The Balaban J connectivity index is -0.000000540. The van der Waals surface area contributed by atoms with Crippen LogP contribution in [0.4, 0.5) is 8.78 Å². The number of halogens is 2. The number of hydrogen-bond donors (Lipinski definition) is 2. The van der Waals surface area contributed by atoms with Crippen LogP contribution < -0.4 is 5.32 Å². The molecule has 0 aromatic heterocycles. The molecule has 0 fully saturated rings. The first-order valence-electron chi connectivity index (χ1n) is 8.67. The topological polar surface area (TPSA) is 67.8 Å². The summed E-state index contributed by atoms with van der Waals surface area (Å²) >= 11 is 0. The highest BCUT2D eigenvalue weighted by atomic mass is 19.1. The number of benzene rings is 1. The van der Waals surface area contributed by atoms with Crippen LogP contribution in [-0.2, 0) is 14.3 Å². The van der Waals surface area contributed by atoms with E-state index < -0.39 is 18.8 Å². The molecule has 2 N–H and O–H groups in total. The van der Waals surface area contributed by atoms with Crippen molar-refractivity contribution in [3.8, 4) is 0 Å². The van der Waals surface area contributed by atoms with Crippen molar-refractivity contribution in [2.75, 3.05) is 41.8 Å². The molecule has 1 amide bonds. The van der Waals surface area contributed by atoms with E-state index in [4.69, 9.17) is 0 Å². The first kappa shape index (κ1) is 30.2. The first-order chi connectivity index (χ1) is 12.7. The van der Waals surface area contributed by atoms with Crippen LogP contribution in [0.15, 0.2) is 24.3 Å². The van der Waals surface area contributed by atoms with E-state index in [1.165, 1.54) is 6.92 Å². The third-order valence-electron chi connectivity index (χ3n) is 2.82. The number of amides is 1. The van der Waals surface area contributed by atoms with Crippen LogP contribution in [0, 0.1) is 12.8 Å². The van der Waals surface area contributed by atoms with Crippen molar-refractivity contribution in [2.24, 2.45) is 5.92 Å². The van der Waals surface area contributed by atoms with Crippen LogP contribution in [0.2, 0.25) is 0 Å². The normalized spacial score (nSPS) is 11.6. The summed E-state index contributed by atoms with van der Waals surface area (Å²) in [5.41, 5.74) is 1.67. The zero-order valence-electron chi connectivity index (χ0n) is 17.9. The highest BCUT2D eigenvalue weighted by Gasteiger charge is 2.23. The summed E-state index contributed by atoms with van der Waals surface area (Å²) in [4.78, 5) is 11.5. The highest BCUT2D eigenvalue weighted by Crippen LogP contribution is 2.18. The molecule has 2 atom stereocenters. The third kappa shape index (κ3) is 17.6. The molecule has 0 aliphatic rings. The van der Waals surface area contributed by atoms with Crippen LogP contribution in [0.1, 0.15) is 38.0 Å². The van der Waals surface area contributed by atoms with E-state index >= 15 is 0 Å². The molecule has 0 saturated heterocycles. The zero-order chi connectivity index (χ0) is 21.8. The number of alkyl halides is 2. The molecule has 7 heteroatoms. The minimum absolute atomic E-state index is 0.232. The molecule has 5 nitrogen and oxygen atoms in total. The van der Waals surface area contributed by atoms with E-state index in [2.05, 4.69) is 14.8 Å². The molecule has 27 heavy (non-hydrogen) atoms. The summed E-state index contributed by atoms with van der Waals surface area (Å²) in [5, 5.41) is 12.6. The van der Waals surface area contributed by atoms with Crippen molar-refractivity contribution < 1.29 is 28.2 Å². The van der Waals surface area contributed by atoms with Crippen molar-refractivity contribution >= 4 is 5.91 Å². The molecule has 0 radical (unpaired) electrons. The molecule has 0 unspecified atom stereocenters. The van der Waals surface area contributed by atoms with E-state index in [0.29, 0.717) is 5.56 Å². The maximum Gasteiger partial charge on any atom is 0.222 e. The van der Waals surface area contributed by atoms with Crippen molar-refractivity contribution in [3.05, 3.63) is 35.4 Å². The Morgan fingerprint density at radius 1 is 1.07 bits per heavy atom. The predicted molar refractivity (Wildman–Crippen MR) is 106 cm³/mol. The smallest absolute Gasteiger partial charge is 0.222 e. The molecule has 0 bridgehead atoms. The molecule has 1 rings (SSSR count). The summed E-state index contributed by atoms with van der Waals surface area (Å²) in [7, 11) is 6.50. The molecule has 0 saturated carbocycles. The highest BCUT2D eigenvalue weighted by molar-refractivity contribution is 5.78. The van der Waals surface area contributed by atoms with E-state index in [0.717, 1.165) is 5.56 Å². The van der Waals surface area contributed by atoms with E-state index in [-0.39, 0.29) is 18.5 Å². The summed E-state index contributed by atoms with van der Waals surface area (Å²) in [6, 6.07) is 6.27. The minimum atomic E-state index is -1.03. The first-order valence-corrected chi connectivity index (χ1v) is 8.67. The van der Waals surface area contributed by atoms with Gasteiger partial charge in [0.05, 0.1) is 12.7 Å². The molecule has 0 aliphatic heterocycles. The Morgan fingerprint density at radius 2 is 1.44 bits per heavy atom. The van der Waals surface area contributed by atoms with Crippen LogP contribution >= 0.6 is 0 Å². The fourth-order valence-corrected chi connectivity index (χ4v) is 1.55. The number of aliphatic hydroxyl groups excluding tert-OH is 1. The van der Waals surface area contributed by atoms with Crippen LogP contribution in [-0.4, -0.2) is 58.8 Å². The molecule has 1 aromatic rings.